The number of ketones is 1. The molecule has 0 saturated heterocycles. The highest BCUT2D eigenvalue weighted by atomic mass is 79.9. The van der Waals surface area contributed by atoms with Gasteiger partial charge in [-0.05, 0) is 30.7 Å². The van der Waals surface area contributed by atoms with Crippen molar-refractivity contribution in [1.29, 1.82) is 0 Å². The number of hydrogen-bond acceptors (Lipinski definition) is 3. The van der Waals surface area contributed by atoms with Crippen LogP contribution in [-0.4, -0.2) is 29.3 Å². The Hall–Kier alpha value is -1.17. The summed E-state index contributed by atoms with van der Waals surface area (Å²) in [6.45, 7) is 2.89. The fourth-order valence-corrected chi connectivity index (χ4v) is 2.33. The zero-order valence-electron chi connectivity index (χ0n) is 11.2. The molecule has 2 aromatic rings. The zero-order valence-corrected chi connectivity index (χ0v) is 13.5. The fraction of sp³-hybridized carbons (Fsp3) is 0.286. The Morgan fingerprint density at radius 2 is 2.25 bits per heavy atom. The van der Waals surface area contributed by atoms with E-state index >= 15 is 0 Å². The third-order valence-electron chi connectivity index (χ3n) is 2.94. The average Bonchev–Trinajstić information content (AvgIpc) is 2.80. The molecular formula is C14H14BrClN2O2. The number of rotatable bonds is 5. The third-order valence-corrected chi connectivity index (χ3v) is 4.10. The van der Waals surface area contributed by atoms with Crippen molar-refractivity contribution in [2.45, 2.75) is 13.5 Å². The molecule has 0 unspecified atom stereocenters. The molecule has 4 nitrogen and oxygen atoms in total. The maximum absolute atomic E-state index is 12.6. The molecule has 0 atom stereocenters. The summed E-state index contributed by atoms with van der Waals surface area (Å²) in [5, 5.41) is 4.47. The van der Waals surface area contributed by atoms with Crippen molar-refractivity contribution in [3.05, 3.63) is 50.7 Å². The Labute approximate surface area is 130 Å². The van der Waals surface area contributed by atoms with Gasteiger partial charge < -0.3 is 4.74 Å². The van der Waals surface area contributed by atoms with Gasteiger partial charge in [0.15, 0.2) is 0 Å². The Bertz CT molecular complexity index is 640. The average molecular weight is 358 g/mol. The molecule has 0 amide bonds. The van der Waals surface area contributed by atoms with Gasteiger partial charge in [-0.15, -0.1) is 0 Å². The zero-order chi connectivity index (χ0) is 14.7. The fourth-order valence-electron chi connectivity index (χ4n) is 1.86. The van der Waals surface area contributed by atoms with E-state index < -0.39 is 0 Å². The van der Waals surface area contributed by atoms with Crippen molar-refractivity contribution in [3.8, 4) is 0 Å². The van der Waals surface area contributed by atoms with E-state index in [1.165, 1.54) is 6.20 Å². The van der Waals surface area contributed by atoms with E-state index in [1.54, 1.807) is 17.9 Å². The molecule has 0 aliphatic rings. The van der Waals surface area contributed by atoms with Gasteiger partial charge in [0.2, 0.25) is 5.78 Å². The van der Waals surface area contributed by atoms with Crippen LogP contribution in [0.2, 0.25) is 5.02 Å². The van der Waals surface area contributed by atoms with Crippen LogP contribution >= 0.6 is 27.5 Å². The number of hydrogen-bond donors (Lipinski definition) is 0. The summed E-state index contributed by atoms with van der Waals surface area (Å²) in [7, 11) is 1.60. The van der Waals surface area contributed by atoms with Gasteiger partial charge >= 0.3 is 0 Å². The van der Waals surface area contributed by atoms with Crippen molar-refractivity contribution in [1.82, 2.24) is 9.78 Å². The lowest BCUT2D eigenvalue weighted by Crippen LogP contribution is -2.14. The van der Waals surface area contributed by atoms with Gasteiger partial charge in [-0.3, -0.25) is 9.48 Å². The molecule has 1 aromatic heterocycles. The Kier molecular flexibility index (Phi) is 4.96. The molecule has 0 aliphatic heterocycles. The first-order chi connectivity index (χ1) is 9.54. The number of methoxy groups -OCH3 is 1. The maximum Gasteiger partial charge on any atom is 0.212 e. The molecule has 0 saturated carbocycles. The van der Waals surface area contributed by atoms with Crippen molar-refractivity contribution >= 4 is 33.3 Å². The van der Waals surface area contributed by atoms with E-state index in [-0.39, 0.29) is 5.78 Å². The normalized spacial score (nSPS) is 10.8. The highest BCUT2D eigenvalue weighted by Crippen LogP contribution is 2.22. The lowest BCUT2D eigenvalue weighted by molar-refractivity contribution is 0.102. The van der Waals surface area contributed by atoms with Crippen LogP contribution < -0.4 is 0 Å². The highest BCUT2D eigenvalue weighted by molar-refractivity contribution is 9.10. The lowest BCUT2D eigenvalue weighted by atomic mass is 10.1. The topological polar surface area (TPSA) is 44.1 Å². The first-order valence-electron chi connectivity index (χ1n) is 6.05. The number of aromatic nitrogens is 2. The van der Waals surface area contributed by atoms with E-state index in [0.717, 1.165) is 10.0 Å². The molecule has 0 fully saturated rings. The number of carbonyl (C=O) groups is 1. The van der Waals surface area contributed by atoms with Gasteiger partial charge in [-0.2, -0.15) is 5.10 Å². The van der Waals surface area contributed by atoms with E-state index in [2.05, 4.69) is 21.0 Å². The van der Waals surface area contributed by atoms with E-state index in [4.69, 9.17) is 16.3 Å². The van der Waals surface area contributed by atoms with E-state index in [1.807, 2.05) is 19.1 Å². The highest BCUT2D eigenvalue weighted by Gasteiger charge is 2.19. The predicted molar refractivity (Wildman–Crippen MR) is 81.4 cm³/mol. The summed E-state index contributed by atoms with van der Waals surface area (Å²) in [4.78, 5) is 12.6. The first-order valence-corrected chi connectivity index (χ1v) is 7.22. The lowest BCUT2D eigenvalue weighted by Gasteiger charge is -2.08. The minimum Gasteiger partial charge on any atom is -0.383 e. The maximum atomic E-state index is 12.6. The SMILES string of the molecule is COCCn1ncc(Cl)c1C(=O)c1ccc(Br)c(C)c1. The van der Waals surface area contributed by atoms with Crippen molar-refractivity contribution in [2.75, 3.05) is 13.7 Å². The Morgan fingerprint density at radius 1 is 1.50 bits per heavy atom. The second kappa shape index (κ2) is 6.52. The van der Waals surface area contributed by atoms with Gasteiger partial charge in [0.1, 0.15) is 5.69 Å². The molecule has 0 radical (unpaired) electrons. The minimum atomic E-state index is -0.140. The molecule has 1 aromatic carbocycles. The number of benzene rings is 1. The molecule has 6 heteroatoms. The van der Waals surface area contributed by atoms with Crippen LogP contribution in [0.5, 0.6) is 0 Å². The van der Waals surface area contributed by atoms with Gasteiger partial charge in [0.25, 0.3) is 0 Å². The summed E-state index contributed by atoms with van der Waals surface area (Å²) in [6.07, 6.45) is 1.48. The van der Waals surface area contributed by atoms with Crippen LogP contribution in [0.25, 0.3) is 0 Å². The molecular weight excluding hydrogens is 344 g/mol. The number of ether oxygens (including phenoxy) is 1. The summed E-state index contributed by atoms with van der Waals surface area (Å²) < 4.78 is 7.55. The molecule has 0 aliphatic carbocycles. The molecule has 2 rings (SSSR count). The van der Waals surface area contributed by atoms with E-state index in [0.29, 0.717) is 29.4 Å². The Balaban J connectivity index is 2.37. The quantitative estimate of drug-likeness (QED) is 0.770. The standard InChI is InChI=1S/C14H14BrClN2O2/c1-9-7-10(3-4-11(9)15)14(19)13-12(16)8-17-18(13)5-6-20-2/h3-4,7-8H,5-6H2,1-2H3. The summed E-state index contributed by atoms with van der Waals surface area (Å²) in [5.41, 5.74) is 1.98. The predicted octanol–water partition coefficient (Wildman–Crippen LogP) is 3.48. The molecule has 1 heterocycles. The first kappa shape index (κ1) is 15.2. The van der Waals surface area contributed by atoms with Crippen molar-refractivity contribution in [3.63, 3.8) is 0 Å². The number of nitrogens with zero attached hydrogens (tertiary/aromatic N) is 2. The van der Waals surface area contributed by atoms with Crippen LogP contribution in [0.4, 0.5) is 0 Å². The minimum absolute atomic E-state index is 0.140. The monoisotopic (exact) mass is 356 g/mol. The smallest absolute Gasteiger partial charge is 0.212 e. The Morgan fingerprint density at radius 3 is 2.90 bits per heavy atom. The van der Waals surface area contributed by atoms with Gasteiger partial charge in [0, 0.05) is 17.1 Å². The number of aryl methyl sites for hydroxylation is 1. The van der Waals surface area contributed by atoms with E-state index in [9.17, 15) is 4.79 Å². The van der Waals surface area contributed by atoms with Crippen LogP contribution in [0.15, 0.2) is 28.9 Å². The van der Waals surface area contributed by atoms with Gasteiger partial charge in [-0.1, -0.05) is 27.5 Å². The second-order valence-electron chi connectivity index (χ2n) is 4.35. The molecule has 106 valence electrons. The molecule has 0 N–H and O–H groups in total. The van der Waals surface area contributed by atoms with Crippen LogP contribution in [0.3, 0.4) is 0 Å². The van der Waals surface area contributed by atoms with Gasteiger partial charge in [0.05, 0.1) is 24.4 Å². The summed E-state index contributed by atoms with van der Waals surface area (Å²) in [6, 6.07) is 5.45. The van der Waals surface area contributed by atoms with Crippen LogP contribution in [0.1, 0.15) is 21.6 Å². The van der Waals surface area contributed by atoms with Crippen LogP contribution in [-0.2, 0) is 11.3 Å². The number of carbonyl (C=O) groups excluding carboxylic acids is 1. The summed E-state index contributed by atoms with van der Waals surface area (Å²) in [5.74, 6) is -0.140. The van der Waals surface area contributed by atoms with Crippen molar-refractivity contribution < 1.29 is 9.53 Å². The third kappa shape index (κ3) is 3.11. The number of halogens is 2. The molecule has 0 spiro atoms. The van der Waals surface area contributed by atoms with Crippen molar-refractivity contribution in [2.24, 2.45) is 0 Å². The van der Waals surface area contributed by atoms with Gasteiger partial charge in [-0.25, -0.2) is 0 Å². The second-order valence-corrected chi connectivity index (χ2v) is 5.61. The largest absolute Gasteiger partial charge is 0.383 e. The van der Waals surface area contributed by atoms with Crippen LogP contribution in [0, 0.1) is 6.92 Å². The summed E-state index contributed by atoms with van der Waals surface area (Å²) >= 11 is 9.50. The molecule has 20 heavy (non-hydrogen) atoms. The molecule has 0 bridgehead atoms.